The van der Waals surface area contributed by atoms with E-state index in [9.17, 15) is 0 Å². The summed E-state index contributed by atoms with van der Waals surface area (Å²) < 4.78 is 5.73. The molecule has 0 saturated heterocycles. The molecule has 0 unspecified atom stereocenters. The molecule has 1 aromatic rings. The summed E-state index contributed by atoms with van der Waals surface area (Å²) in [5.41, 5.74) is 0. The molecule has 18 heavy (non-hydrogen) atoms. The maximum Gasteiger partial charge on any atom is 0.318 e. The second-order valence-corrected chi connectivity index (χ2v) is 4.84. The van der Waals surface area contributed by atoms with E-state index in [-0.39, 0.29) is 0 Å². The molecule has 1 heterocycles. The number of aromatic nitrogens is 2. The van der Waals surface area contributed by atoms with Crippen molar-refractivity contribution in [3.05, 3.63) is 5.89 Å². The molecule has 1 fully saturated rings. The monoisotopic (exact) mass is 252 g/mol. The summed E-state index contributed by atoms with van der Waals surface area (Å²) in [6.07, 6.45) is 6.50. The first kappa shape index (κ1) is 13.3. The highest BCUT2D eigenvalue weighted by Gasteiger charge is 2.23. The number of nitrogens with zero attached hydrogens (tertiary/aromatic N) is 3. The lowest BCUT2D eigenvalue weighted by Crippen LogP contribution is -2.36. The van der Waals surface area contributed by atoms with Crippen LogP contribution in [-0.4, -0.2) is 29.3 Å². The largest absolute Gasteiger partial charge is 0.407 e. The first-order valence-corrected chi connectivity index (χ1v) is 7.14. The van der Waals surface area contributed by atoms with Crippen molar-refractivity contribution in [1.29, 1.82) is 0 Å². The van der Waals surface area contributed by atoms with E-state index in [4.69, 9.17) is 4.42 Å². The second kappa shape index (κ2) is 6.73. The zero-order valence-electron chi connectivity index (χ0n) is 11.5. The predicted molar refractivity (Wildman–Crippen MR) is 71.6 cm³/mol. The van der Waals surface area contributed by atoms with E-state index in [1.165, 1.54) is 32.1 Å². The van der Waals surface area contributed by atoms with Gasteiger partial charge in [0.1, 0.15) is 0 Å². The average Bonchev–Trinajstić information content (AvgIpc) is 2.87. The molecule has 0 spiro atoms. The van der Waals surface area contributed by atoms with Crippen molar-refractivity contribution in [2.24, 2.45) is 0 Å². The first-order valence-electron chi connectivity index (χ1n) is 7.14. The molecule has 0 aliphatic heterocycles. The van der Waals surface area contributed by atoms with Gasteiger partial charge in [-0.3, -0.25) is 0 Å². The Hall–Kier alpha value is -1.10. The summed E-state index contributed by atoms with van der Waals surface area (Å²) >= 11 is 0. The molecule has 2 rings (SSSR count). The van der Waals surface area contributed by atoms with Crippen LogP contribution in [0.3, 0.4) is 0 Å². The fourth-order valence-electron chi connectivity index (χ4n) is 2.61. The zero-order chi connectivity index (χ0) is 12.8. The molecular formula is C13H24N4O. The number of anilines is 1. The minimum absolute atomic E-state index is 0.580. The van der Waals surface area contributed by atoms with Crippen molar-refractivity contribution >= 4 is 6.01 Å². The highest BCUT2D eigenvalue weighted by Crippen LogP contribution is 2.26. The molecule has 0 amide bonds. The summed E-state index contributed by atoms with van der Waals surface area (Å²) in [7, 11) is 0. The fourth-order valence-corrected chi connectivity index (χ4v) is 2.61. The number of rotatable bonds is 6. The lowest BCUT2D eigenvalue weighted by molar-refractivity contribution is 0.386. The molecule has 5 heteroatoms. The molecule has 1 aliphatic rings. The van der Waals surface area contributed by atoms with Crippen LogP contribution in [0.25, 0.3) is 0 Å². The topological polar surface area (TPSA) is 54.2 Å². The van der Waals surface area contributed by atoms with Gasteiger partial charge >= 0.3 is 6.01 Å². The van der Waals surface area contributed by atoms with Gasteiger partial charge in [-0.1, -0.05) is 31.3 Å². The highest BCUT2D eigenvalue weighted by atomic mass is 16.4. The molecule has 1 saturated carbocycles. The predicted octanol–water partition coefficient (Wildman–Crippen LogP) is 2.34. The van der Waals surface area contributed by atoms with Crippen molar-refractivity contribution in [2.75, 3.05) is 18.0 Å². The Morgan fingerprint density at radius 1 is 1.22 bits per heavy atom. The van der Waals surface area contributed by atoms with Crippen LogP contribution in [0.1, 0.15) is 51.8 Å². The minimum Gasteiger partial charge on any atom is -0.407 e. The molecule has 0 radical (unpaired) electrons. The Morgan fingerprint density at radius 2 is 2.00 bits per heavy atom. The van der Waals surface area contributed by atoms with Crippen molar-refractivity contribution in [3.8, 4) is 0 Å². The van der Waals surface area contributed by atoms with E-state index < -0.39 is 0 Å². The third kappa shape index (κ3) is 3.22. The van der Waals surface area contributed by atoms with Gasteiger partial charge in [-0.15, -0.1) is 5.10 Å². The Labute approximate surface area is 109 Å². The molecule has 5 nitrogen and oxygen atoms in total. The standard InChI is InChI=1S/C13H24N4O/c1-3-14-10-12-15-16-13(18-12)17(4-2)11-8-6-5-7-9-11/h11,14H,3-10H2,1-2H3. The average molecular weight is 252 g/mol. The summed E-state index contributed by atoms with van der Waals surface area (Å²) in [6, 6.07) is 1.27. The molecule has 1 aromatic heterocycles. The van der Waals surface area contributed by atoms with Crippen LogP contribution in [0.5, 0.6) is 0 Å². The van der Waals surface area contributed by atoms with Gasteiger partial charge in [-0.25, -0.2) is 0 Å². The molecule has 0 atom stereocenters. The van der Waals surface area contributed by atoms with Crippen molar-refractivity contribution < 1.29 is 4.42 Å². The molecule has 1 aliphatic carbocycles. The van der Waals surface area contributed by atoms with Crippen molar-refractivity contribution in [3.63, 3.8) is 0 Å². The van der Waals surface area contributed by atoms with E-state index in [2.05, 4.69) is 34.3 Å². The Bertz CT molecular complexity index is 347. The van der Waals surface area contributed by atoms with Gasteiger partial charge in [0.25, 0.3) is 0 Å². The molecule has 0 aromatic carbocycles. The van der Waals surface area contributed by atoms with Crippen LogP contribution >= 0.6 is 0 Å². The Morgan fingerprint density at radius 3 is 2.67 bits per heavy atom. The van der Waals surface area contributed by atoms with Crippen LogP contribution in [0, 0.1) is 0 Å². The third-order valence-corrected chi connectivity index (χ3v) is 3.58. The number of hydrogen-bond donors (Lipinski definition) is 1. The van der Waals surface area contributed by atoms with Crippen LogP contribution < -0.4 is 10.2 Å². The van der Waals surface area contributed by atoms with Crippen LogP contribution in [0.15, 0.2) is 4.42 Å². The van der Waals surface area contributed by atoms with E-state index in [0.29, 0.717) is 24.5 Å². The van der Waals surface area contributed by atoms with Gasteiger partial charge in [-0.05, 0) is 26.3 Å². The normalized spacial score (nSPS) is 17.0. The summed E-state index contributed by atoms with van der Waals surface area (Å²) in [5.74, 6) is 0.682. The Kier molecular flexibility index (Phi) is 4.99. The van der Waals surface area contributed by atoms with Crippen LogP contribution in [-0.2, 0) is 6.54 Å². The highest BCUT2D eigenvalue weighted by molar-refractivity contribution is 5.26. The fraction of sp³-hybridized carbons (Fsp3) is 0.846. The zero-order valence-corrected chi connectivity index (χ0v) is 11.5. The maximum absolute atomic E-state index is 5.73. The van der Waals surface area contributed by atoms with Gasteiger partial charge in [0, 0.05) is 12.6 Å². The van der Waals surface area contributed by atoms with E-state index in [1.807, 2.05) is 0 Å². The van der Waals surface area contributed by atoms with Gasteiger partial charge in [0.05, 0.1) is 6.54 Å². The summed E-state index contributed by atoms with van der Waals surface area (Å²) in [4.78, 5) is 2.27. The lowest BCUT2D eigenvalue weighted by Gasteiger charge is -2.31. The lowest BCUT2D eigenvalue weighted by atomic mass is 9.94. The van der Waals surface area contributed by atoms with Gasteiger partial charge < -0.3 is 14.6 Å². The van der Waals surface area contributed by atoms with E-state index in [0.717, 1.165) is 13.1 Å². The SMILES string of the molecule is CCNCc1nnc(N(CC)C2CCCCC2)o1. The van der Waals surface area contributed by atoms with Gasteiger partial charge in [-0.2, -0.15) is 0 Å². The molecule has 0 bridgehead atoms. The summed E-state index contributed by atoms with van der Waals surface area (Å²) in [5, 5.41) is 11.5. The quantitative estimate of drug-likeness (QED) is 0.842. The number of hydrogen-bond acceptors (Lipinski definition) is 5. The van der Waals surface area contributed by atoms with Crippen molar-refractivity contribution in [2.45, 2.75) is 58.5 Å². The van der Waals surface area contributed by atoms with E-state index in [1.54, 1.807) is 0 Å². The number of nitrogens with one attached hydrogen (secondary N) is 1. The molecular weight excluding hydrogens is 228 g/mol. The smallest absolute Gasteiger partial charge is 0.318 e. The summed E-state index contributed by atoms with van der Waals surface area (Å²) in [6.45, 7) is 6.73. The molecule has 1 N–H and O–H groups in total. The second-order valence-electron chi connectivity index (χ2n) is 4.84. The van der Waals surface area contributed by atoms with E-state index >= 15 is 0 Å². The first-order chi connectivity index (χ1) is 8.85. The minimum atomic E-state index is 0.580. The third-order valence-electron chi connectivity index (χ3n) is 3.58. The Balaban J connectivity index is 1.99. The van der Waals surface area contributed by atoms with Gasteiger partial charge in [0.15, 0.2) is 0 Å². The van der Waals surface area contributed by atoms with Gasteiger partial charge in [0.2, 0.25) is 5.89 Å². The van der Waals surface area contributed by atoms with Crippen LogP contribution in [0.4, 0.5) is 6.01 Å². The van der Waals surface area contributed by atoms with Crippen molar-refractivity contribution in [1.82, 2.24) is 15.5 Å². The molecule has 102 valence electrons. The maximum atomic E-state index is 5.73. The van der Waals surface area contributed by atoms with Crippen LogP contribution in [0.2, 0.25) is 0 Å².